The molecule has 0 radical (unpaired) electrons. The third kappa shape index (κ3) is 5.41. The van der Waals surface area contributed by atoms with Gasteiger partial charge in [0.25, 0.3) is 5.91 Å². The van der Waals surface area contributed by atoms with Crippen LogP contribution in [0.3, 0.4) is 0 Å². The van der Waals surface area contributed by atoms with Crippen LogP contribution in [0.5, 0.6) is 0 Å². The van der Waals surface area contributed by atoms with Crippen LogP contribution < -0.4 is 0 Å². The summed E-state index contributed by atoms with van der Waals surface area (Å²) in [5, 5.41) is 8.78. The van der Waals surface area contributed by atoms with Gasteiger partial charge in [-0.1, -0.05) is 60.4 Å². The van der Waals surface area contributed by atoms with Crippen molar-refractivity contribution in [2.45, 2.75) is 6.92 Å². The number of carboxylic acid groups (broad SMARTS) is 1. The molecular formula is C15H14KNO3S2. The number of hydrogen-bond donors (Lipinski definition) is 1. The van der Waals surface area contributed by atoms with Crippen molar-refractivity contribution in [2.24, 2.45) is 0 Å². The van der Waals surface area contributed by atoms with E-state index in [0.717, 1.165) is 27.8 Å². The van der Waals surface area contributed by atoms with E-state index in [4.69, 9.17) is 17.3 Å². The number of amides is 1. The summed E-state index contributed by atoms with van der Waals surface area (Å²) in [6.07, 6.45) is 3.68. The molecule has 1 heterocycles. The Morgan fingerprint density at radius 1 is 1.36 bits per heavy atom. The number of thioether (sulfide) groups is 1. The molecule has 0 spiro atoms. The van der Waals surface area contributed by atoms with Crippen molar-refractivity contribution in [1.29, 1.82) is 0 Å². The molecule has 7 heteroatoms. The molecule has 1 saturated heterocycles. The van der Waals surface area contributed by atoms with Crippen molar-refractivity contribution in [3.05, 3.63) is 52.4 Å². The SMILES string of the molecule is CC(=C\c1ccccc1)/C=C1/SC(=S)N(CC(=O)O)C1=O.[KH]. The number of carbonyl (C=O) groups is 2. The van der Waals surface area contributed by atoms with Crippen LogP contribution in [0.25, 0.3) is 6.08 Å². The average molecular weight is 360 g/mol. The van der Waals surface area contributed by atoms with Gasteiger partial charge in [-0.15, -0.1) is 0 Å². The molecule has 1 amide bonds. The number of nitrogens with zero attached hydrogens (tertiary/aromatic N) is 1. The molecule has 22 heavy (non-hydrogen) atoms. The average Bonchev–Trinajstić information content (AvgIpc) is 2.67. The van der Waals surface area contributed by atoms with E-state index in [1.165, 1.54) is 0 Å². The first-order chi connectivity index (χ1) is 9.97. The van der Waals surface area contributed by atoms with Gasteiger partial charge in [0, 0.05) is 0 Å². The van der Waals surface area contributed by atoms with Crippen molar-refractivity contribution < 1.29 is 14.7 Å². The van der Waals surface area contributed by atoms with Crippen molar-refractivity contribution in [1.82, 2.24) is 4.90 Å². The standard InChI is InChI=1S/C15H13NO3S2.K.H/c1-10(7-11-5-3-2-4-6-11)8-12-14(19)16(9-13(17)18)15(20)21-12;;/h2-8H,9H2,1H3,(H,17,18);;/b10-7+,12-8+;;. The Hall–Kier alpha value is -0.284. The third-order valence-electron chi connectivity index (χ3n) is 2.72. The zero-order valence-electron chi connectivity index (χ0n) is 11.3. The molecular weight excluding hydrogens is 345 g/mol. The molecule has 1 aromatic rings. The summed E-state index contributed by atoms with van der Waals surface area (Å²) in [7, 11) is 0. The van der Waals surface area contributed by atoms with Gasteiger partial charge in [0.05, 0.1) is 4.91 Å². The van der Waals surface area contributed by atoms with Crippen LogP contribution >= 0.6 is 24.0 Å². The minimum atomic E-state index is -1.08. The molecule has 0 unspecified atom stereocenters. The Morgan fingerprint density at radius 2 is 2.00 bits per heavy atom. The molecule has 1 fully saturated rings. The van der Waals surface area contributed by atoms with Crippen molar-refractivity contribution in [3.63, 3.8) is 0 Å². The first kappa shape index (κ1) is 19.8. The van der Waals surface area contributed by atoms with E-state index in [9.17, 15) is 9.59 Å². The molecule has 1 aliphatic heterocycles. The van der Waals surface area contributed by atoms with Crippen LogP contribution in [0.1, 0.15) is 12.5 Å². The normalized spacial score (nSPS) is 16.9. The van der Waals surface area contributed by atoms with Crippen molar-refractivity contribution >= 4 is 97.6 Å². The topological polar surface area (TPSA) is 57.6 Å². The molecule has 1 aromatic carbocycles. The van der Waals surface area contributed by atoms with E-state index in [-0.39, 0.29) is 61.6 Å². The molecule has 0 atom stereocenters. The van der Waals surface area contributed by atoms with Crippen molar-refractivity contribution in [3.8, 4) is 0 Å². The maximum absolute atomic E-state index is 12.1. The minimum absolute atomic E-state index is 0. The van der Waals surface area contributed by atoms with Crippen LogP contribution in [0.15, 0.2) is 46.9 Å². The predicted octanol–water partition coefficient (Wildman–Crippen LogP) is 2.27. The Bertz CT molecular complexity index is 656. The van der Waals surface area contributed by atoms with Gasteiger partial charge in [0.2, 0.25) is 0 Å². The molecule has 1 aliphatic rings. The maximum atomic E-state index is 12.1. The van der Waals surface area contributed by atoms with E-state index in [1.54, 1.807) is 6.08 Å². The summed E-state index contributed by atoms with van der Waals surface area (Å²) in [6.45, 7) is 1.49. The number of aliphatic carboxylic acids is 1. The summed E-state index contributed by atoms with van der Waals surface area (Å²) in [6, 6.07) is 9.74. The number of carbonyl (C=O) groups excluding carboxylic acids is 1. The van der Waals surface area contributed by atoms with E-state index in [1.807, 2.05) is 43.3 Å². The fraction of sp³-hybridized carbons (Fsp3) is 0.133. The van der Waals surface area contributed by atoms with Crippen LogP contribution in [0.4, 0.5) is 0 Å². The number of carboxylic acids is 1. The van der Waals surface area contributed by atoms with Gasteiger partial charge in [-0.05, 0) is 24.1 Å². The van der Waals surface area contributed by atoms with Gasteiger partial charge in [0.15, 0.2) is 0 Å². The van der Waals surface area contributed by atoms with E-state index in [0.29, 0.717) is 4.91 Å². The molecule has 110 valence electrons. The summed E-state index contributed by atoms with van der Waals surface area (Å²) >= 11 is 6.17. The van der Waals surface area contributed by atoms with Crippen LogP contribution in [0.2, 0.25) is 0 Å². The number of rotatable bonds is 4. The van der Waals surface area contributed by atoms with Gasteiger partial charge in [-0.2, -0.15) is 0 Å². The zero-order valence-corrected chi connectivity index (χ0v) is 12.9. The Morgan fingerprint density at radius 3 is 2.59 bits per heavy atom. The summed E-state index contributed by atoms with van der Waals surface area (Å²) in [5.41, 5.74) is 1.93. The van der Waals surface area contributed by atoms with Gasteiger partial charge >= 0.3 is 57.4 Å². The third-order valence-corrected chi connectivity index (χ3v) is 4.10. The Balaban J connectivity index is 0.00000242. The monoisotopic (exact) mass is 359 g/mol. The second-order valence-corrected chi connectivity index (χ2v) is 6.14. The second kappa shape index (κ2) is 9.12. The van der Waals surface area contributed by atoms with Crippen LogP contribution in [0, 0.1) is 0 Å². The quantitative estimate of drug-likeness (QED) is 0.508. The Kier molecular flexibility index (Phi) is 8.19. The van der Waals surface area contributed by atoms with Gasteiger partial charge in [-0.25, -0.2) is 0 Å². The first-order valence-electron chi connectivity index (χ1n) is 6.18. The fourth-order valence-corrected chi connectivity index (χ4v) is 3.14. The van der Waals surface area contributed by atoms with E-state index < -0.39 is 12.5 Å². The molecule has 2 rings (SSSR count). The van der Waals surface area contributed by atoms with Gasteiger partial charge in [-0.3, -0.25) is 14.5 Å². The number of benzene rings is 1. The van der Waals surface area contributed by atoms with Gasteiger partial charge < -0.3 is 5.11 Å². The molecule has 0 aliphatic carbocycles. The summed E-state index contributed by atoms with van der Waals surface area (Å²) in [4.78, 5) is 24.4. The van der Waals surface area contributed by atoms with Crippen LogP contribution in [-0.4, -0.2) is 84.1 Å². The van der Waals surface area contributed by atoms with E-state index in [2.05, 4.69) is 0 Å². The predicted molar refractivity (Wildman–Crippen MR) is 94.9 cm³/mol. The molecule has 4 nitrogen and oxygen atoms in total. The number of thiocarbonyl (C=S) groups is 1. The summed E-state index contributed by atoms with van der Waals surface area (Å²) in [5.74, 6) is -1.43. The molecule has 1 N–H and O–H groups in total. The van der Waals surface area contributed by atoms with E-state index >= 15 is 0 Å². The fourth-order valence-electron chi connectivity index (χ4n) is 1.83. The molecule has 0 saturated carbocycles. The Labute approximate surface area is 181 Å². The summed E-state index contributed by atoms with van der Waals surface area (Å²) < 4.78 is 0.279. The molecule has 0 bridgehead atoms. The molecule has 0 aromatic heterocycles. The second-order valence-electron chi connectivity index (χ2n) is 4.46. The van der Waals surface area contributed by atoms with Crippen molar-refractivity contribution in [2.75, 3.05) is 6.54 Å². The van der Waals surface area contributed by atoms with Gasteiger partial charge in [0.1, 0.15) is 10.9 Å². The first-order valence-corrected chi connectivity index (χ1v) is 7.40. The van der Waals surface area contributed by atoms with Crippen LogP contribution in [-0.2, 0) is 9.59 Å². The zero-order chi connectivity index (χ0) is 15.4. The number of hydrogen-bond acceptors (Lipinski definition) is 4. The number of allylic oxidation sites excluding steroid dienone is 2.